The average Bonchev–Trinajstić information content (AvgIpc) is 3.15. The van der Waals surface area contributed by atoms with E-state index in [1.54, 1.807) is 6.92 Å². The number of ether oxygens (including phenoxy) is 4. The summed E-state index contributed by atoms with van der Waals surface area (Å²) in [6, 6.07) is 0. The SMILES string of the molecule is CC(C)(OCC1CO1)C(C)(O)C(C)(C)OCC1CO1. The molecule has 1 N–H and O–H groups in total. The minimum atomic E-state index is -1.14. The van der Waals surface area contributed by atoms with E-state index in [4.69, 9.17) is 18.9 Å². The highest BCUT2D eigenvalue weighted by molar-refractivity contribution is 5.04. The summed E-state index contributed by atoms with van der Waals surface area (Å²) in [6.45, 7) is 11.8. The smallest absolute Gasteiger partial charge is 0.118 e. The molecule has 19 heavy (non-hydrogen) atoms. The molecule has 2 aliphatic heterocycles. The zero-order valence-electron chi connectivity index (χ0n) is 12.6. The van der Waals surface area contributed by atoms with Gasteiger partial charge in [0, 0.05) is 0 Å². The Morgan fingerprint density at radius 3 is 1.47 bits per heavy atom. The predicted octanol–water partition coefficient (Wildman–Crippen LogP) is 1.13. The monoisotopic (exact) mass is 274 g/mol. The molecule has 0 aromatic rings. The van der Waals surface area contributed by atoms with Gasteiger partial charge in [-0.3, -0.25) is 0 Å². The summed E-state index contributed by atoms with van der Waals surface area (Å²) in [5, 5.41) is 10.9. The van der Waals surface area contributed by atoms with Crippen molar-refractivity contribution in [1.29, 1.82) is 0 Å². The Bertz CT molecular complexity index is 286. The zero-order valence-corrected chi connectivity index (χ0v) is 12.6. The van der Waals surface area contributed by atoms with E-state index < -0.39 is 16.8 Å². The molecule has 0 aromatic heterocycles. The van der Waals surface area contributed by atoms with Crippen LogP contribution in [0.4, 0.5) is 0 Å². The van der Waals surface area contributed by atoms with E-state index in [1.165, 1.54) is 0 Å². The second-order valence-corrected chi connectivity index (χ2v) is 6.63. The van der Waals surface area contributed by atoms with E-state index in [-0.39, 0.29) is 12.2 Å². The Morgan fingerprint density at radius 2 is 1.21 bits per heavy atom. The van der Waals surface area contributed by atoms with Crippen LogP contribution in [0.3, 0.4) is 0 Å². The number of epoxide rings is 2. The van der Waals surface area contributed by atoms with Gasteiger partial charge in [0.25, 0.3) is 0 Å². The molecule has 5 nitrogen and oxygen atoms in total. The third-order valence-electron chi connectivity index (χ3n) is 4.41. The first-order valence-electron chi connectivity index (χ1n) is 6.89. The van der Waals surface area contributed by atoms with Crippen molar-refractivity contribution in [2.24, 2.45) is 0 Å². The normalized spacial score (nSPS) is 30.0. The first kappa shape index (κ1) is 15.2. The molecule has 0 aliphatic carbocycles. The number of hydrogen-bond acceptors (Lipinski definition) is 5. The summed E-state index contributed by atoms with van der Waals surface area (Å²) in [5.41, 5.74) is -2.59. The lowest BCUT2D eigenvalue weighted by atomic mass is 9.75. The van der Waals surface area contributed by atoms with Gasteiger partial charge < -0.3 is 24.1 Å². The van der Waals surface area contributed by atoms with Crippen molar-refractivity contribution in [3.63, 3.8) is 0 Å². The van der Waals surface area contributed by atoms with Crippen LogP contribution in [0.2, 0.25) is 0 Å². The van der Waals surface area contributed by atoms with Crippen LogP contribution < -0.4 is 0 Å². The molecule has 2 atom stereocenters. The van der Waals surface area contributed by atoms with Gasteiger partial charge in [0.1, 0.15) is 17.8 Å². The zero-order chi connectivity index (χ0) is 14.3. The summed E-state index contributed by atoms with van der Waals surface area (Å²) in [6.07, 6.45) is 0.359. The third kappa shape index (κ3) is 3.47. The standard InChI is InChI=1S/C14H26O5/c1-12(2,18-8-10-6-16-10)14(5,15)13(3,4)19-9-11-7-17-11/h10-11,15H,6-9H2,1-5H3. The van der Waals surface area contributed by atoms with Gasteiger partial charge in [-0.05, 0) is 34.6 Å². The highest BCUT2D eigenvalue weighted by atomic mass is 16.6. The maximum absolute atomic E-state index is 10.9. The molecule has 2 aliphatic rings. The minimum absolute atomic E-state index is 0.180. The van der Waals surface area contributed by atoms with Gasteiger partial charge >= 0.3 is 0 Å². The average molecular weight is 274 g/mol. The predicted molar refractivity (Wildman–Crippen MR) is 70.2 cm³/mol. The van der Waals surface area contributed by atoms with E-state index >= 15 is 0 Å². The van der Waals surface area contributed by atoms with Crippen LogP contribution in [-0.2, 0) is 18.9 Å². The minimum Gasteiger partial charge on any atom is -0.384 e. The quantitative estimate of drug-likeness (QED) is 0.672. The molecule has 2 fully saturated rings. The first-order valence-corrected chi connectivity index (χ1v) is 6.89. The molecule has 0 aromatic carbocycles. The van der Waals surface area contributed by atoms with E-state index in [9.17, 15) is 5.11 Å². The molecule has 2 rings (SSSR count). The Kier molecular flexibility index (Phi) is 3.97. The molecule has 2 unspecified atom stereocenters. The van der Waals surface area contributed by atoms with Gasteiger partial charge in [0.05, 0.1) is 37.6 Å². The number of hydrogen-bond donors (Lipinski definition) is 1. The van der Waals surface area contributed by atoms with Gasteiger partial charge in [-0.15, -0.1) is 0 Å². The van der Waals surface area contributed by atoms with Gasteiger partial charge in [0.15, 0.2) is 0 Å². The summed E-state index contributed by atoms with van der Waals surface area (Å²) < 4.78 is 22.0. The topological polar surface area (TPSA) is 63.8 Å². The lowest BCUT2D eigenvalue weighted by Crippen LogP contribution is -2.63. The molecule has 112 valence electrons. The van der Waals surface area contributed by atoms with Crippen LogP contribution in [0.25, 0.3) is 0 Å². The van der Waals surface area contributed by atoms with Gasteiger partial charge in [-0.25, -0.2) is 0 Å². The summed E-state index contributed by atoms with van der Waals surface area (Å²) in [5.74, 6) is 0. The van der Waals surface area contributed by atoms with Crippen molar-refractivity contribution >= 4 is 0 Å². The Labute approximate surface area is 115 Å². The molecular formula is C14H26O5. The van der Waals surface area contributed by atoms with Crippen LogP contribution >= 0.6 is 0 Å². The third-order valence-corrected chi connectivity index (χ3v) is 4.41. The van der Waals surface area contributed by atoms with Gasteiger partial charge in [-0.2, -0.15) is 0 Å². The van der Waals surface area contributed by atoms with E-state index in [2.05, 4.69) is 0 Å². The number of aliphatic hydroxyl groups is 1. The maximum Gasteiger partial charge on any atom is 0.118 e. The number of rotatable bonds is 8. The molecule has 0 bridgehead atoms. The maximum atomic E-state index is 10.9. The van der Waals surface area contributed by atoms with E-state index in [1.807, 2.05) is 27.7 Å². The summed E-state index contributed by atoms with van der Waals surface area (Å²) >= 11 is 0. The first-order chi connectivity index (χ1) is 8.66. The van der Waals surface area contributed by atoms with Crippen molar-refractivity contribution in [2.45, 2.75) is 63.6 Å². The highest BCUT2D eigenvalue weighted by Gasteiger charge is 2.53. The lowest BCUT2D eigenvalue weighted by molar-refractivity contribution is -0.247. The summed E-state index contributed by atoms with van der Waals surface area (Å²) in [7, 11) is 0. The molecule has 0 spiro atoms. The molecule has 0 amide bonds. The fourth-order valence-electron chi connectivity index (χ4n) is 1.94. The largest absolute Gasteiger partial charge is 0.384 e. The molecule has 2 saturated heterocycles. The van der Waals surface area contributed by atoms with Crippen molar-refractivity contribution in [3.05, 3.63) is 0 Å². The second kappa shape index (κ2) is 4.97. The van der Waals surface area contributed by atoms with Crippen LogP contribution in [0.5, 0.6) is 0 Å². The lowest BCUT2D eigenvalue weighted by Gasteiger charge is -2.49. The van der Waals surface area contributed by atoms with Gasteiger partial charge in [0.2, 0.25) is 0 Å². The Balaban J connectivity index is 1.94. The van der Waals surface area contributed by atoms with Crippen molar-refractivity contribution in [2.75, 3.05) is 26.4 Å². The van der Waals surface area contributed by atoms with Crippen molar-refractivity contribution in [3.8, 4) is 0 Å². The molecular weight excluding hydrogens is 248 g/mol. The Hall–Kier alpha value is -0.200. The van der Waals surface area contributed by atoms with Crippen LogP contribution in [0.1, 0.15) is 34.6 Å². The van der Waals surface area contributed by atoms with E-state index in [0.29, 0.717) is 13.2 Å². The van der Waals surface area contributed by atoms with Crippen molar-refractivity contribution in [1.82, 2.24) is 0 Å². The molecule has 0 radical (unpaired) electrons. The fraction of sp³-hybridized carbons (Fsp3) is 1.00. The molecule has 2 heterocycles. The Morgan fingerprint density at radius 1 is 0.895 bits per heavy atom. The van der Waals surface area contributed by atoms with E-state index in [0.717, 1.165) is 13.2 Å². The molecule has 0 saturated carbocycles. The molecule has 5 heteroatoms. The van der Waals surface area contributed by atoms with Gasteiger partial charge in [-0.1, -0.05) is 0 Å². The highest BCUT2D eigenvalue weighted by Crippen LogP contribution is 2.38. The van der Waals surface area contributed by atoms with Crippen LogP contribution in [0, 0.1) is 0 Å². The summed E-state index contributed by atoms with van der Waals surface area (Å²) in [4.78, 5) is 0. The van der Waals surface area contributed by atoms with Crippen molar-refractivity contribution < 1.29 is 24.1 Å². The van der Waals surface area contributed by atoms with Crippen LogP contribution in [-0.4, -0.2) is 60.5 Å². The second-order valence-electron chi connectivity index (χ2n) is 6.63. The fourth-order valence-corrected chi connectivity index (χ4v) is 1.94. The van der Waals surface area contributed by atoms with Crippen LogP contribution in [0.15, 0.2) is 0 Å².